The number of hydrogen-bond acceptors (Lipinski definition) is 4. The molecule has 0 aromatic carbocycles. The third kappa shape index (κ3) is 3.82. The zero-order chi connectivity index (χ0) is 16.4. The third-order valence-corrected chi connectivity index (χ3v) is 5.40. The number of carbonyl (C=O) groups is 1. The Bertz CT molecular complexity index is 676. The SMILES string of the molecule is CC(C)N(CC(=O)N1CCc2sccc2C1)Cc1cnn(C)c1. The van der Waals surface area contributed by atoms with Crippen LogP contribution in [0.2, 0.25) is 0 Å². The molecule has 2 aromatic rings. The molecule has 0 saturated heterocycles. The molecule has 124 valence electrons. The van der Waals surface area contributed by atoms with Gasteiger partial charge < -0.3 is 4.90 Å². The van der Waals surface area contributed by atoms with E-state index < -0.39 is 0 Å². The molecule has 23 heavy (non-hydrogen) atoms. The van der Waals surface area contributed by atoms with Crippen LogP contribution in [0.5, 0.6) is 0 Å². The van der Waals surface area contributed by atoms with Gasteiger partial charge in [0, 0.05) is 49.4 Å². The van der Waals surface area contributed by atoms with Crippen LogP contribution < -0.4 is 0 Å². The summed E-state index contributed by atoms with van der Waals surface area (Å²) in [6, 6.07) is 2.47. The Morgan fingerprint density at radius 1 is 1.48 bits per heavy atom. The molecule has 0 radical (unpaired) electrons. The van der Waals surface area contributed by atoms with Crippen LogP contribution in [0.3, 0.4) is 0 Å². The summed E-state index contributed by atoms with van der Waals surface area (Å²) in [5, 5.41) is 6.34. The summed E-state index contributed by atoms with van der Waals surface area (Å²) in [5.41, 5.74) is 2.46. The maximum Gasteiger partial charge on any atom is 0.237 e. The topological polar surface area (TPSA) is 41.4 Å². The van der Waals surface area contributed by atoms with Gasteiger partial charge in [0.15, 0.2) is 0 Å². The Morgan fingerprint density at radius 2 is 2.30 bits per heavy atom. The molecule has 1 aliphatic heterocycles. The van der Waals surface area contributed by atoms with Gasteiger partial charge in [-0.1, -0.05) is 0 Å². The number of amides is 1. The molecule has 1 aliphatic rings. The highest BCUT2D eigenvalue weighted by Gasteiger charge is 2.24. The first kappa shape index (κ1) is 16.2. The number of aryl methyl sites for hydroxylation is 1. The van der Waals surface area contributed by atoms with E-state index in [0.717, 1.165) is 31.6 Å². The van der Waals surface area contributed by atoms with Gasteiger partial charge in [0.2, 0.25) is 5.91 Å². The summed E-state index contributed by atoms with van der Waals surface area (Å²) in [6.07, 6.45) is 4.87. The smallest absolute Gasteiger partial charge is 0.237 e. The van der Waals surface area contributed by atoms with Gasteiger partial charge in [0.05, 0.1) is 12.7 Å². The molecular formula is C17H24N4OS. The second kappa shape index (κ2) is 6.84. The molecule has 0 unspecified atom stereocenters. The van der Waals surface area contributed by atoms with Crippen molar-refractivity contribution in [1.29, 1.82) is 0 Å². The van der Waals surface area contributed by atoms with Gasteiger partial charge in [0.25, 0.3) is 0 Å². The molecule has 1 amide bonds. The molecule has 2 aromatic heterocycles. The minimum atomic E-state index is 0.222. The van der Waals surface area contributed by atoms with Gasteiger partial charge in [0.1, 0.15) is 0 Å². The number of fused-ring (bicyclic) bond motifs is 1. The normalized spacial score (nSPS) is 14.6. The lowest BCUT2D eigenvalue weighted by Gasteiger charge is -2.31. The highest BCUT2D eigenvalue weighted by Crippen LogP contribution is 2.24. The van der Waals surface area contributed by atoms with Gasteiger partial charge in [-0.05, 0) is 37.3 Å². The fourth-order valence-electron chi connectivity index (χ4n) is 2.94. The van der Waals surface area contributed by atoms with E-state index in [0.29, 0.717) is 12.6 Å². The van der Waals surface area contributed by atoms with Crippen LogP contribution in [0.4, 0.5) is 0 Å². The van der Waals surface area contributed by atoms with Crippen molar-refractivity contribution in [2.24, 2.45) is 7.05 Å². The Hall–Kier alpha value is -1.66. The monoisotopic (exact) mass is 332 g/mol. The molecule has 0 fully saturated rings. The van der Waals surface area contributed by atoms with Gasteiger partial charge >= 0.3 is 0 Å². The fraction of sp³-hybridized carbons (Fsp3) is 0.529. The molecule has 0 bridgehead atoms. The van der Waals surface area contributed by atoms with E-state index in [1.807, 2.05) is 24.3 Å². The van der Waals surface area contributed by atoms with Crippen molar-refractivity contribution < 1.29 is 4.79 Å². The van der Waals surface area contributed by atoms with Crippen molar-refractivity contribution in [3.63, 3.8) is 0 Å². The van der Waals surface area contributed by atoms with Gasteiger partial charge in [-0.3, -0.25) is 14.4 Å². The summed E-state index contributed by atoms with van der Waals surface area (Å²) in [7, 11) is 1.92. The zero-order valence-electron chi connectivity index (χ0n) is 14.0. The second-order valence-corrected chi connectivity index (χ2v) is 7.46. The molecule has 0 atom stereocenters. The van der Waals surface area contributed by atoms with Crippen molar-refractivity contribution in [1.82, 2.24) is 19.6 Å². The van der Waals surface area contributed by atoms with Crippen LogP contribution in [0.1, 0.15) is 29.9 Å². The van der Waals surface area contributed by atoms with Crippen molar-refractivity contribution in [3.05, 3.63) is 39.8 Å². The summed E-state index contributed by atoms with van der Waals surface area (Å²) < 4.78 is 1.80. The predicted molar refractivity (Wildman–Crippen MR) is 92.2 cm³/mol. The van der Waals surface area contributed by atoms with E-state index >= 15 is 0 Å². The first-order valence-corrected chi connectivity index (χ1v) is 8.95. The van der Waals surface area contributed by atoms with E-state index in [1.165, 1.54) is 10.4 Å². The molecule has 0 N–H and O–H groups in total. The molecule has 0 spiro atoms. The highest BCUT2D eigenvalue weighted by molar-refractivity contribution is 7.10. The highest BCUT2D eigenvalue weighted by atomic mass is 32.1. The van der Waals surface area contributed by atoms with Crippen LogP contribution in [-0.2, 0) is 31.4 Å². The Balaban J connectivity index is 1.62. The lowest BCUT2D eigenvalue weighted by Crippen LogP contribution is -2.44. The molecule has 3 heterocycles. The van der Waals surface area contributed by atoms with Gasteiger partial charge in [-0.15, -0.1) is 11.3 Å². The van der Waals surface area contributed by atoms with Crippen LogP contribution >= 0.6 is 11.3 Å². The number of thiophene rings is 1. The zero-order valence-corrected chi connectivity index (χ0v) is 14.8. The molecular weight excluding hydrogens is 308 g/mol. The maximum absolute atomic E-state index is 12.7. The van der Waals surface area contributed by atoms with Crippen LogP contribution in [0.25, 0.3) is 0 Å². The standard InChI is InChI=1S/C17H24N4OS/c1-13(2)21(10-14-8-18-19(3)9-14)12-17(22)20-6-4-16-15(11-20)5-7-23-16/h5,7-9,13H,4,6,10-12H2,1-3H3. The first-order valence-electron chi connectivity index (χ1n) is 8.07. The minimum Gasteiger partial charge on any atom is -0.337 e. The average molecular weight is 332 g/mol. The second-order valence-electron chi connectivity index (χ2n) is 6.46. The predicted octanol–water partition coefficient (Wildman–Crippen LogP) is 2.28. The summed E-state index contributed by atoms with van der Waals surface area (Å²) in [5.74, 6) is 0.222. The Morgan fingerprint density at radius 3 is 3.00 bits per heavy atom. The van der Waals surface area contributed by atoms with E-state index in [4.69, 9.17) is 0 Å². The average Bonchev–Trinajstić information content (AvgIpc) is 3.14. The summed E-state index contributed by atoms with van der Waals surface area (Å²) in [6.45, 7) is 7.09. The van der Waals surface area contributed by atoms with Gasteiger partial charge in [-0.2, -0.15) is 5.10 Å². The third-order valence-electron chi connectivity index (χ3n) is 4.37. The van der Waals surface area contributed by atoms with Crippen molar-refractivity contribution in [2.75, 3.05) is 13.1 Å². The number of hydrogen-bond donors (Lipinski definition) is 0. The fourth-order valence-corrected chi connectivity index (χ4v) is 3.83. The summed E-state index contributed by atoms with van der Waals surface area (Å²) in [4.78, 5) is 18.3. The lowest BCUT2D eigenvalue weighted by molar-refractivity contribution is -0.134. The van der Waals surface area contributed by atoms with E-state index in [-0.39, 0.29) is 5.91 Å². The molecule has 0 saturated carbocycles. The lowest BCUT2D eigenvalue weighted by atomic mass is 10.1. The van der Waals surface area contributed by atoms with Crippen LogP contribution in [0.15, 0.2) is 23.8 Å². The number of rotatable bonds is 5. The summed E-state index contributed by atoms with van der Waals surface area (Å²) >= 11 is 1.80. The maximum atomic E-state index is 12.7. The molecule has 0 aliphatic carbocycles. The quantitative estimate of drug-likeness (QED) is 0.843. The largest absolute Gasteiger partial charge is 0.337 e. The van der Waals surface area contributed by atoms with Crippen LogP contribution in [0, 0.1) is 0 Å². The van der Waals surface area contributed by atoms with Crippen molar-refractivity contribution >= 4 is 17.2 Å². The van der Waals surface area contributed by atoms with E-state index in [9.17, 15) is 4.79 Å². The minimum absolute atomic E-state index is 0.222. The van der Waals surface area contributed by atoms with Gasteiger partial charge in [-0.25, -0.2) is 0 Å². The van der Waals surface area contributed by atoms with Crippen molar-refractivity contribution in [2.45, 2.75) is 39.4 Å². The number of carbonyl (C=O) groups excluding carboxylic acids is 1. The van der Waals surface area contributed by atoms with Crippen LogP contribution in [-0.4, -0.2) is 44.6 Å². The Labute approximate surface area is 141 Å². The van der Waals surface area contributed by atoms with Crippen molar-refractivity contribution in [3.8, 4) is 0 Å². The molecule has 6 heteroatoms. The number of aromatic nitrogens is 2. The van der Waals surface area contributed by atoms with E-state index in [2.05, 4.69) is 35.3 Å². The first-order chi connectivity index (χ1) is 11.0. The van der Waals surface area contributed by atoms with E-state index in [1.54, 1.807) is 16.0 Å². The molecule has 5 nitrogen and oxygen atoms in total. The number of nitrogens with zero attached hydrogens (tertiary/aromatic N) is 4. The Kier molecular flexibility index (Phi) is 4.82. The molecule has 3 rings (SSSR count).